The van der Waals surface area contributed by atoms with Crippen molar-refractivity contribution < 1.29 is 27.4 Å². The number of alkyl halides is 3. The fourth-order valence-electron chi connectivity index (χ4n) is 2.95. The lowest BCUT2D eigenvalue weighted by molar-refractivity contribution is -0.144. The molecule has 0 saturated carbocycles. The molecule has 1 aromatic carbocycles. The lowest BCUT2D eigenvalue weighted by Crippen LogP contribution is -2.18. The number of carbonyl (C=O) groups is 1. The largest absolute Gasteiger partial charge is 0.454 e. The van der Waals surface area contributed by atoms with Gasteiger partial charge in [0, 0.05) is 29.1 Å². The van der Waals surface area contributed by atoms with Crippen molar-refractivity contribution in [1.29, 1.82) is 0 Å². The molecule has 1 N–H and O–H groups in total. The van der Waals surface area contributed by atoms with Crippen molar-refractivity contribution in [3.8, 4) is 11.5 Å². The summed E-state index contributed by atoms with van der Waals surface area (Å²) in [6.45, 7) is 3.20. The van der Waals surface area contributed by atoms with Gasteiger partial charge in [0.2, 0.25) is 12.7 Å². The first-order valence-corrected chi connectivity index (χ1v) is 8.70. The number of aryl methyl sites for hydroxylation is 2. The van der Waals surface area contributed by atoms with Crippen LogP contribution in [-0.4, -0.2) is 32.3 Å². The molecule has 1 aliphatic heterocycles. The number of amides is 1. The Morgan fingerprint density at radius 3 is 2.62 bits per heavy atom. The van der Waals surface area contributed by atoms with Crippen molar-refractivity contribution in [3.63, 3.8) is 0 Å². The third-order valence-corrected chi connectivity index (χ3v) is 4.69. The summed E-state index contributed by atoms with van der Waals surface area (Å²) >= 11 is 6.15. The van der Waals surface area contributed by atoms with E-state index in [4.69, 9.17) is 21.1 Å². The Balaban J connectivity index is 1.61. The average Bonchev–Trinajstić information content (AvgIpc) is 3.25. The topological polar surface area (TPSA) is 90.6 Å². The first-order chi connectivity index (χ1) is 13.6. The van der Waals surface area contributed by atoms with Gasteiger partial charge in [-0.25, -0.2) is 9.50 Å². The van der Waals surface area contributed by atoms with Gasteiger partial charge in [0.05, 0.1) is 17.1 Å². The fourth-order valence-corrected chi connectivity index (χ4v) is 3.15. The van der Waals surface area contributed by atoms with E-state index in [1.807, 2.05) is 0 Å². The van der Waals surface area contributed by atoms with Crippen molar-refractivity contribution in [2.24, 2.45) is 0 Å². The molecule has 0 fully saturated rings. The quantitative estimate of drug-likeness (QED) is 0.689. The number of carbonyl (C=O) groups excluding carboxylic acids is 1. The zero-order chi connectivity index (χ0) is 20.9. The van der Waals surface area contributed by atoms with Crippen molar-refractivity contribution >= 4 is 29.0 Å². The Kier molecular flexibility index (Phi) is 4.49. The van der Waals surface area contributed by atoms with E-state index in [2.05, 4.69) is 20.4 Å². The van der Waals surface area contributed by atoms with Crippen LogP contribution in [-0.2, 0) is 17.4 Å². The highest BCUT2D eigenvalue weighted by molar-refractivity contribution is 6.34. The molecule has 0 saturated heterocycles. The van der Waals surface area contributed by atoms with E-state index in [1.54, 1.807) is 13.8 Å². The van der Waals surface area contributed by atoms with Crippen LogP contribution >= 0.6 is 11.6 Å². The Morgan fingerprint density at radius 2 is 1.93 bits per heavy atom. The van der Waals surface area contributed by atoms with Crippen LogP contribution in [0.3, 0.4) is 0 Å². The number of hydrogen-bond donors (Lipinski definition) is 1. The van der Waals surface area contributed by atoms with Gasteiger partial charge in [-0.2, -0.15) is 18.2 Å². The predicted molar refractivity (Wildman–Crippen MR) is 95.2 cm³/mol. The molecule has 12 heteroatoms. The highest BCUT2D eigenvalue weighted by Gasteiger charge is 2.37. The standard InChI is InChI=1S/C17H13ClF3N5O3/c1-7-9(8(2)26-16(22-7)24-15(25-26)17(19,20)21)3-14(27)23-11-5-13-12(4-10(11)18)28-6-29-13/h4-5H,3,6H2,1-2H3,(H,23,27). The lowest BCUT2D eigenvalue weighted by atomic mass is 10.1. The average molecular weight is 428 g/mol. The number of halogens is 4. The molecule has 152 valence electrons. The zero-order valence-corrected chi connectivity index (χ0v) is 15.9. The van der Waals surface area contributed by atoms with Gasteiger partial charge >= 0.3 is 6.18 Å². The zero-order valence-electron chi connectivity index (χ0n) is 15.1. The SMILES string of the molecule is Cc1nc2nc(C(F)(F)F)nn2c(C)c1CC(=O)Nc1cc2c(cc1Cl)OCO2. The van der Waals surface area contributed by atoms with Crippen molar-refractivity contribution in [1.82, 2.24) is 19.6 Å². The molecule has 3 aromatic rings. The van der Waals surface area contributed by atoms with Crippen LogP contribution in [0.15, 0.2) is 12.1 Å². The third kappa shape index (κ3) is 3.53. The maximum Gasteiger partial charge on any atom is 0.453 e. The first-order valence-electron chi connectivity index (χ1n) is 8.32. The van der Waals surface area contributed by atoms with Crippen molar-refractivity contribution in [2.45, 2.75) is 26.4 Å². The summed E-state index contributed by atoms with van der Waals surface area (Å²) < 4.78 is 50.1. The molecule has 0 bridgehead atoms. The summed E-state index contributed by atoms with van der Waals surface area (Å²) in [6.07, 6.45) is -4.84. The Hall–Kier alpha value is -3.08. The van der Waals surface area contributed by atoms with Gasteiger partial charge in [0.25, 0.3) is 11.6 Å². The van der Waals surface area contributed by atoms with Crippen LogP contribution in [0.2, 0.25) is 5.02 Å². The van der Waals surface area contributed by atoms with Crippen molar-refractivity contribution in [3.05, 3.63) is 39.9 Å². The van der Waals surface area contributed by atoms with Gasteiger partial charge in [-0.15, -0.1) is 5.10 Å². The van der Waals surface area contributed by atoms with Gasteiger partial charge in [-0.3, -0.25) is 4.79 Å². The number of ether oxygens (including phenoxy) is 2. The summed E-state index contributed by atoms with van der Waals surface area (Å²) in [7, 11) is 0. The molecular formula is C17H13ClF3N5O3. The normalized spacial score (nSPS) is 13.2. The number of nitrogens with zero attached hydrogens (tertiary/aromatic N) is 4. The number of fused-ring (bicyclic) bond motifs is 2. The molecule has 4 rings (SSSR count). The molecule has 8 nitrogen and oxygen atoms in total. The maximum atomic E-state index is 12.9. The van der Waals surface area contributed by atoms with Crippen LogP contribution in [0, 0.1) is 13.8 Å². The van der Waals surface area contributed by atoms with E-state index in [-0.39, 0.29) is 24.0 Å². The second kappa shape index (κ2) is 6.76. The number of rotatable bonds is 3. The van der Waals surface area contributed by atoms with Crippen LogP contribution in [0.4, 0.5) is 18.9 Å². The number of aromatic nitrogens is 4. The Morgan fingerprint density at radius 1 is 1.24 bits per heavy atom. The summed E-state index contributed by atoms with van der Waals surface area (Å²) in [5.41, 5.74) is 1.47. The molecule has 29 heavy (non-hydrogen) atoms. The van der Waals surface area contributed by atoms with E-state index < -0.39 is 17.9 Å². The highest BCUT2D eigenvalue weighted by Crippen LogP contribution is 2.39. The van der Waals surface area contributed by atoms with E-state index >= 15 is 0 Å². The molecule has 1 amide bonds. The van der Waals surface area contributed by atoms with E-state index in [0.717, 1.165) is 4.52 Å². The molecule has 0 unspecified atom stereocenters. The van der Waals surface area contributed by atoms with Gasteiger partial charge in [-0.1, -0.05) is 11.6 Å². The molecule has 0 spiro atoms. The summed E-state index contributed by atoms with van der Waals surface area (Å²) in [5.74, 6) is -0.991. The van der Waals surface area contributed by atoms with Crippen LogP contribution in [0.5, 0.6) is 11.5 Å². The minimum Gasteiger partial charge on any atom is -0.454 e. The Bertz CT molecular complexity index is 1150. The molecule has 1 aliphatic rings. The minimum absolute atomic E-state index is 0.0605. The molecule has 0 atom stereocenters. The van der Waals surface area contributed by atoms with Gasteiger partial charge in [0.1, 0.15) is 0 Å². The van der Waals surface area contributed by atoms with Crippen molar-refractivity contribution in [2.75, 3.05) is 12.1 Å². The van der Waals surface area contributed by atoms with E-state index in [9.17, 15) is 18.0 Å². The smallest absolute Gasteiger partial charge is 0.453 e. The second-order valence-electron chi connectivity index (χ2n) is 6.32. The molecule has 0 radical (unpaired) electrons. The monoisotopic (exact) mass is 427 g/mol. The fraction of sp³-hybridized carbons (Fsp3) is 0.294. The first kappa shape index (κ1) is 19.2. The summed E-state index contributed by atoms with van der Waals surface area (Å²) in [4.78, 5) is 20.0. The van der Waals surface area contributed by atoms with Crippen LogP contribution in [0.25, 0.3) is 5.78 Å². The number of nitrogens with one attached hydrogen (secondary N) is 1. The third-order valence-electron chi connectivity index (χ3n) is 4.38. The number of anilines is 1. The summed E-state index contributed by atoms with van der Waals surface area (Å²) in [6, 6.07) is 3.06. The van der Waals surface area contributed by atoms with Crippen LogP contribution < -0.4 is 14.8 Å². The second-order valence-corrected chi connectivity index (χ2v) is 6.72. The highest BCUT2D eigenvalue weighted by atomic mass is 35.5. The number of hydrogen-bond acceptors (Lipinski definition) is 6. The van der Waals surface area contributed by atoms with Gasteiger partial charge in [0.15, 0.2) is 11.5 Å². The summed E-state index contributed by atoms with van der Waals surface area (Å²) in [5, 5.41) is 6.39. The predicted octanol–water partition coefficient (Wildman–Crippen LogP) is 3.32. The van der Waals surface area contributed by atoms with Gasteiger partial charge in [-0.05, 0) is 13.8 Å². The molecule has 3 heterocycles. The van der Waals surface area contributed by atoms with Crippen LogP contribution in [0.1, 0.15) is 22.8 Å². The number of benzene rings is 1. The molecule has 0 aliphatic carbocycles. The lowest BCUT2D eigenvalue weighted by Gasteiger charge is -2.12. The van der Waals surface area contributed by atoms with E-state index in [1.165, 1.54) is 12.1 Å². The van der Waals surface area contributed by atoms with Gasteiger partial charge < -0.3 is 14.8 Å². The Labute approximate surface area is 166 Å². The molecule has 2 aromatic heterocycles. The van der Waals surface area contributed by atoms with E-state index in [0.29, 0.717) is 34.1 Å². The minimum atomic E-state index is -4.69. The molecular weight excluding hydrogens is 415 g/mol. The maximum absolute atomic E-state index is 12.9.